The summed E-state index contributed by atoms with van der Waals surface area (Å²) in [6, 6.07) is 24.3. The molecule has 0 bridgehead atoms. The lowest BCUT2D eigenvalue weighted by Gasteiger charge is -2.00. The minimum atomic E-state index is 0.0685. The fraction of sp³-hybridized carbons (Fsp3) is 0. The number of oxazole rings is 2. The highest BCUT2D eigenvalue weighted by Crippen LogP contribution is 2.41. The molecule has 7 aromatic rings. The quantitative estimate of drug-likeness (QED) is 0.328. The van der Waals surface area contributed by atoms with Gasteiger partial charge in [-0.1, -0.05) is 36.4 Å². The van der Waals surface area contributed by atoms with Crippen molar-refractivity contribution >= 4 is 44.1 Å². The van der Waals surface area contributed by atoms with Gasteiger partial charge in [-0.25, -0.2) is 9.97 Å². The van der Waals surface area contributed by atoms with Crippen molar-refractivity contribution < 1.29 is 18.4 Å². The van der Waals surface area contributed by atoms with E-state index in [1.165, 1.54) is 0 Å². The molecule has 0 saturated carbocycles. The summed E-state index contributed by atoms with van der Waals surface area (Å²) in [6.45, 7) is 0. The third kappa shape index (κ3) is 2.40. The summed E-state index contributed by atoms with van der Waals surface area (Å²) < 4.78 is 18.1. The van der Waals surface area contributed by atoms with Crippen LogP contribution >= 0.6 is 0 Å². The van der Waals surface area contributed by atoms with Crippen molar-refractivity contribution in [2.75, 3.05) is 0 Å². The second-order valence-electron chi connectivity index (χ2n) is 7.62. The molecule has 6 heteroatoms. The Morgan fingerprint density at radius 1 is 0.562 bits per heavy atom. The summed E-state index contributed by atoms with van der Waals surface area (Å²) in [7, 11) is 0. The first kappa shape index (κ1) is 17.1. The van der Waals surface area contributed by atoms with Gasteiger partial charge in [0.25, 0.3) is 0 Å². The molecule has 6 nitrogen and oxygen atoms in total. The molecule has 0 fully saturated rings. The summed E-state index contributed by atoms with van der Waals surface area (Å²) in [5.41, 5.74) is 5.35. The molecule has 4 aromatic carbocycles. The standard InChI is InChI=1S/C26H14N2O4/c29-20-12-16-14-6-5-7-15(25-27-18-8-1-3-10-21(18)31-25)24(14)30-23(16)13-17(20)26-28-19-9-2-4-11-22(19)32-26/h1-13,29H. The van der Waals surface area contributed by atoms with E-state index in [1.54, 1.807) is 12.1 Å². The van der Waals surface area contributed by atoms with Crippen LogP contribution in [0.3, 0.4) is 0 Å². The van der Waals surface area contributed by atoms with Crippen molar-refractivity contribution in [1.82, 2.24) is 9.97 Å². The highest BCUT2D eigenvalue weighted by molar-refractivity contribution is 6.10. The Kier molecular flexibility index (Phi) is 3.33. The molecule has 0 unspecified atom stereocenters. The monoisotopic (exact) mass is 418 g/mol. The molecule has 0 spiro atoms. The zero-order valence-corrected chi connectivity index (χ0v) is 16.6. The van der Waals surface area contributed by atoms with E-state index in [0.29, 0.717) is 39.7 Å². The predicted molar refractivity (Wildman–Crippen MR) is 121 cm³/mol. The van der Waals surface area contributed by atoms with E-state index in [2.05, 4.69) is 9.97 Å². The molecule has 0 amide bonds. The Hall–Kier alpha value is -4.58. The summed E-state index contributed by atoms with van der Waals surface area (Å²) >= 11 is 0. The third-order valence-corrected chi connectivity index (χ3v) is 5.66. The molecule has 3 aromatic heterocycles. The highest BCUT2D eigenvalue weighted by Gasteiger charge is 2.20. The van der Waals surface area contributed by atoms with Crippen LogP contribution in [-0.2, 0) is 0 Å². The van der Waals surface area contributed by atoms with Crippen LogP contribution in [-0.4, -0.2) is 15.1 Å². The number of aromatic hydroxyl groups is 1. The van der Waals surface area contributed by atoms with Crippen molar-refractivity contribution in [2.45, 2.75) is 0 Å². The van der Waals surface area contributed by atoms with Crippen LogP contribution in [0.15, 0.2) is 92.1 Å². The van der Waals surface area contributed by atoms with Gasteiger partial charge in [0, 0.05) is 10.8 Å². The van der Waals surface area contributed by atoms with Crippen LogP contribution < -0.4 is 0 Å². The number of hydrogen-bond donors (Lipinski definition) is 1. The molecule has 152 valence electrons. The Bertz CT molecular complexity index is 1740. The van der Waals surface area contributed by atoms with Gasteiger partial charge in [0.15, 0.2) is 11.2 Å². The number of nitrogens with zero attached hydrogens (tertiary/aromatic N) is 2. The smallest absolute Gasteiger partial charge is 0.231 e. The zero-order valence-electron chi connectivity index (χ0n) is 16.6. The second kappa shape index (κ2) is 6.21. The number of rotatable bonds is 2. The normalized spacial score (nSPS) is 11.9. The van der Waals surface area contributed by atoms with Crippen molar-refractivity contribution in [3.63, 3.8) is 0 Å². The molecule has 7 rings (SSSR count). The van der Waals surface area contributed by atoms with Crippen molar-refractivity contribution in [1.29, 1.82) is 0 Å². The molecule has 0 aliphatic carbocycles. The van der Waals surface area contributed by atoms with Gasteiger partial charge >= 0.3 is 0 Å². The first-order valence-corrected chi connectivity index (χ1v) is 10.1. The van der Waals surface area contributed by atoms with Crippen molar-refractivity contribution in [3.8, 4) is 28.7 Å². The van der Waals surface area contributed by atoms with Gasteiger partial charge in [-0.05, 0) is 42.5 Å². The number of furan rings is 1. The largest absolute Gasteiger partial charge is 0.507 e. The Labute approximate surface area is 180 Å². The number of fused-ring (bicyclic) bond motifs is 5. The van der Waals surface area contributed by atoms with E-state index in [0.717, 1.165) is 27.4 Å². The molecule has 0 aliphatic heterocycles. The van der Waals surface area contributed by atoms with E-state index >= 15 is 0 Å². The molecule has 1 N–H and O–H groups in total. The Balaban J connectivity index is 1.46. The lowest BCUT2D eigenvalue weighted by Crippen LogP contribution is -1.79. The van der Waals surface area contributed by atoms with Gasteiger partial charge in [-0.2, -0.15) is 0 Å². The number of benzene rings is 4. The molecule has 0 radical (unpaired) electrons. The van der Waals surface area contributed by atoms with Crippen molar-refractivity contribution in [3.05, 3.63) is 78.9 Å². The molecule has 0 aliphatic rings. The number of para-hydroxylation sites is 5. The van der Waals surface area contributed by atoms with Crippen LogP contribution in [0.2, 0.25) is 0 Å². The number of hydrogen-bond acceptors (Lipinski definition) is 6. The highest BCUT2D eigenvalue weighted by atomic mass is 16.4. The average molecular weight is 418 g/mol. The SMILES string of the molecule is Oc1cc2c(cc1-c1nc3ccccc3o1)oc1c(-c3nc4ccccc4o3)cccc12. The molecule has 0 atom stereocenters. The maximum absolute atomic E-state index is 10.8. The van der Waals surface area contributed by atoms with E-state index in [4.69, 9.17) is 13.3 Å². The van der Waals surface area contributed by atoms with Crippen LogP contribution in [0.25, 0.3) is 67.0 Å². The summed E-state index contributed by atoms with van der Waals surface area (Å²) in [6.07, 6.45) is 0. The topological polar surface area (TPSA) is 85.4 Å². The summed E-state index contributed by atoms with van der Waals surface area (Å²) in [4.78, 5) is 9.11. The minimum Gasteiger partial charge on any atom is -0.507 e. The molecular weight excluding hydrogens is 404 g/mol. The van der Waals surface area contributed by atoms with Gasteiger partial charge in [-0.3, -0.25) is 0 Å². The number of phenolic OH excluding ortho intramolecular Hbond substituents is 1. The summed E-state index contributed by atoms with van der Waals surface area (Å²) in [5.74, 6) is 0.892. The molecular formula is C26H14N2O4. The average Bonchev–Trinajstić information content (AvgIpc) is 3.52. The first-order chi connectivity index (χ1) is 15.7. The van der Waals surface area contributed by atoms with Gasteiger partial charge in [-0.15, -0.1) is 0 Å². The lowest BCUT2D eigenvalue weighted by atomic mass is 10.1. The summed E-state index contributed by atoms with van der Waals surface area (Å²) in [5, 5.41) is 12.4. The molecule has 3 heterocycles. The van der Waals surface area contributed by atoms with Gasteiger partial charge in [0.1, 0.15) is 27.9 Å². The van der Waals surface area contributed by atoms with Crippen LogP contribution in [0, 0.1) is 0 Å². The van der Waals surface area contributed by atoms with Crippen molar-refractivity contribution in [2.24, 2.45) is 0 Å². The van der Waals surface area contributed by atoms with Crippen LogP contribution in [0.5, 0.6) is 5.75 Å². The van der Waals surface area contributed by atoms with E-state index in [-0.39, 0.29) is 5.75 Å². The van der Waals surface area contributed by atoms with Gasteiger partial charge < -0.3 is 18.4 Å². The molecule has 0 saturated heterocycles. The predicted octanol–water partition coefficient (Wildman–Crippen LogP) is 6.91. The van der Waals surface area contributed by atoms with E-state index in [9.17, 15) is 5.11 Å². The maximum Gasteiger partial charge on any atom is 0.231 e. The lowest BCUT2D eigenvalue weighted by molar-refractivity contribution is 0.474. The number of phenols is 1. The fourth-order valence-electron chi connectivity index (χ4n) is 4.15. The molecule has 32 heavy (non-hydrogen) atoms. The first-order valence-electron chi connectivity index (χ1n) is 10.1. The zero-order chi connectivity index (χ0) is 21.2. The Morgan fingerprint density at radius 2 is 1.22 bits per heavy atom. The fourth-order valence-corrected chi connectivity index (χ4v) is 4.15. The van der Waals surface area contributed by atoms with Crippen LogP contribution in [0.1, 0.15) is 0 Å². The van der Waals surface area contributed by atoms with E-state index < -0.39 is 0 Å². The third-order valence-electron chi connectivity index (χ3n) is 5.66. The number of aromatic nitrogens is 2. The maximum atomic E-state index is 10.8. The second-order valence-corrected chi connectivity index (χ2v) is 7.62. The van der Waals surface area contributed by atoms with Gasteiger partial charge in [0.05, 0.1) is 11.1 Å². The Morgan fingerprint density at radius 3 is 1.91 bits per heavy atom. The van der Waals surface area contributed by atoms with Crippen LogP contribution in [0.4, 0.5) is 0 Å². The van der Waals surface area contributed by atoms with Gasteiger partial charge in [0.2, 0.25) is 11.8 Å². The van der Waals surface area contributed by atoms with E-state index in [1.807, 2.05) is 66.7 Å². The minimum absolute atomic E-state index is 0.0685.